The van der Waals surface area contributed by atoms with Crippen LogP contribution in [0.15, 0.2) is 6.20 Å². The van der Waals surface area contributed by atoms with Crippen molar-refractivity contribution < 1.29 is 4.92 Å². The smallest absolute Gasteiger partial charge is 0.278 e. The van der Waals surface area contributed by atoms with Crippen LogP contribution in [0.3, 0.4) is 0 Å². The molecule has 0 saturated carbocycles. The molecule has 1 N–H and O–H groups in total. The van der Waals surface area contributed by atoms with Crippen molar-refractivity contribution in [3.05, 3.63) is 33.1 Å². The zero-order valence-electron chi connectivity index (χ0n) is 10.8. The van der Waals surface area contributed by atoms with Crippen molar-refractivity contribution in [2.75, 3.05) is 6.54 Å². The highest BCUT2D eigenvalue weighted by molar-refractivity contribution is 5.47. The average molecular weight is 237 g/mol. The minimum atomic E-state index is -0.328. The molecule has 5 nitrogen and oxygen atoms in total. The summed E-state index contributed by atoms with van der Waals surface area (Å²) in [6.07, 6.45) is 2.29. The number of hydrogen-bond donors (Lipinski definition) is 1. The van der Waals surface area contributed by atoms with Crippen molar-refractivity contribution in [2.24, 2.45) is 0 Å². The van der Waals surface area contributed by atoms with E-state index in [0.29, 0.717) is 23.6 Å². The van der Waals surface area contributed by atoms with E-state index in [4.69, 9.17) is 0 Å². The molecule has 0 aliphatic rings. The van der Waals surface area contributed by atoms with Crippen LogP contribution in [-0.4, -0.2) is 22.5 Å². The lowest BCUT2D eigenvalue weighted by atomic mass is 10.1. The highest BCUT2D eigenvalue weighted by Gasteiger charge is 2.18. The van der Waals surface area contributed by atoms with Gasteiger partial charge in [0.05, 0.1) is 10.6 Å². The second kappa shape index (κ2) is 5.72. The number of hydrogen-bond acceptors (Lipinski definition) is 4. The summed E-state index contributed by atoms with van der Waals surface area (Å²) in [6, 6.07) is 0.413. The van der Waals surface area contributed by atoms with Crippen LogP contribution in [0.4, 0.5) is 5.69 Å². The van der Waals surface area contributed by atoms with E-state index < -0.39 is 0 Å². The van der Waals surface area contributed by atoms with Crippen molar-refractivity contribution in [3.63, 3.8) is 0 Å². The summed E-state index contributed by atoms with van der Waals surface area (Å²) < 4.78 is 0. The summed E-state index contributed by atoms with van der Waals surface area (Å²) in [6.45, 7) is 8.40. The summed E-state index contributed by atoms with van der Waals surface area (Å²) in [7, 11) is 0. The molecule has 0 aliphatic heterocycles. The molecule has 1 aromatic heterocycles. The van der Waals surface area contributed by atoms with Crippen LogP contribution >= 0.6 is 0 Å². The lowest BCUT2D eigenvalue weighted by molar-refractivity contribution is -0.386. The summed E-state index contributed by atoms with van der Waals surface area (Å²) in [5.74, 6) is 0. The molecular formula is C12H19N3O2. The molecule has 0 aromatic carbocycles. The molecule has 0 atom stereocenters. The fraction of sp³-hybridized carbons (Fsp3) is 0.583. The zero-order valence-corrected chi connectivity index (χ0v) is 10.8. The van der Waals surface area contributed by atoms with Gasteiger partial charge in [0.15, 0.2) is 0 Å². The maximum atomic E-state index is 10.9. The van der Waals surface area contributed by atoms with Gasteiger partial charge in [-0.25, -0.2) is 0 Å². The molecule has 0 saturated heterocycles. The second-order valence-electron chi connectivity index (χ2n) is 4.48. The molecule has 0 radical (unpaired) electrons. The van der Waals surface area contributed by atoms with E-state index in [1.807, 2.05) is 0 Å². The first-order valence-corrected chi connectivity index (χ1v) is 5.76. The Bertz CT molecular complexity index is 416. The zero-order chi connectivity index (χ0) is 13.0. The molecule has 0 aliphatic carbocycles. The average Bonchev–Trinajstić information content (AvgIpc) is 2.20. The Balaban J connectivity index is 2.87. The standard InChI is InChI=1S/C12H19N3O2/c1-8(2)13-6-5-11-10(4)12(15(16)17)9(3)7-14-11/h7-8,13H,5-6H2,1-4H3. The van der Waals surface area contributed by atoms with Crippen LogP contribution in [0.1, 0.15) is 30.7 Å². The summed E-state index contributed by atoms with van der Waals surface area (Å²) in [5.41, 5.74) is 2.30. The molecular weight excluding hydrogens is 218 g/mol. The Kier molecular flexibility index (Phi) is 4.57. The van der Waals surface area contributed by atoms with Gasteiger partial charge in [0, 0.05) is 36.3 Å². The number of aryl methyl sites for hydroxylation is 1. The van der Waals surface area contributed by atoms with Gasteiger partial charge in [-0.2, -0.15) is 0 Å². The topological polar surface area (TPSA) is 68.1 Å². The Morgan fingerprint density at radius 1 is 1.47 bits per heavy atom. The number of rotatable bonds is 5. The predicted molar refractivity (Wildman–Crippen MR) is 67.2 cm³/mol. The lowest BCUT2D eigenvalue weighted by Gasteiger charge is -2.10. The van der Waals surface area contributed by atoms with Crippen molar-refractivity contribution in [1.29, 1.82) is 0 Å². The molecule has 0 spiro atoms. The Morgan fingerprint density at radius 2 is 2.12 bits per heavy atom. The van der Waals surface area contributed by atoms with Crippen LogP contribution in [0.5, 0.6) is 0 Å². The number of nitrogens with zero attached hydrogens (tertiary/aromatic N) is 2. The minimum absolute atomic E-state index is 0.194. The number of aromatic nitrogens is 1. The fourth-order valence-electron chi connectivity index (χ4n) is 1.78. The summed E-state index contributed by atoms with van der Waals surface area (Å²) in [4.78, 5) is 14.9. The summed E-state index contributed by atoms with van der Waals surface area (Å²) in [5, 5.41) is 14.2. The Hall–Kier alpha value is -1.49. The fourth-order valence-corrected chi connectivity index (χ4v) is 1.78. The molecule has 0 fully saturated rings. The normalized spacial score (nSPS) is 10.9. The van der Waals surface area contributed by atoms with Gasteiger partial charge in [-0.1, -0.05) is 13.8 Å². The van der Waals surface area contributed by atoms with Crippen LogP contribution in [-0.2, 0) is 6.42 Å². The molecule has 0 bridgehead atoms. The Morgan fingerprint density at radius 3 is 2.65 bits per heavy atom. The van der Waals surface area contributed by atoms with Crippen LogP contribution in [0, 0.1) is 24.0 Å². The van der Waals surface area contributed by atoms with E-state index in [0.717, 1.165) is 12.2 Å². The third-order valence-electron chi connectivity index (χ3n) is 2.67. The van der Waals surface area contributed by atoms with Gasteiger partial charge in [-0.3, -0.25) is 15.1 Å². The van der Waals surface area contributed by atoms with Gasteiger partial charge >= 0.3 is 0 Å². The molecule has 1 rings (SSSR count). The number of nitrogens with one attached hydrogen (secondary N) is 1. The van der Waals surface area contributed by atoms with Gasteiger partial charge < -0.3 is 5.32 Å². The first-order chi connectivity index (χ1) is 7.93. The van der Waals surface area contributed by atoms with Gasteiger partial charge in [0.2, 0.25) is 0 Å². The SMILES string of the molecule is Cc1cnc(CCNC(C)C)c(C)c1[N+](=O)[O-]. The predicted octanol–water partition coefficient (Wildman–Crippen LogP) is 2.15. The summed E-state index contributed by atoms with van der Waals surface area (Å²) >= 11 is 0. The van der Waals surface area contributed by atoms with Crippen molar-refractivity contribution in [2.45, 2.75) is 40.2 Å². The monoisotopic (exact) mass is 237 g/mol. The largest absolute Gasteiger partial charge is 0.314 e. The van der Waals surface area contributed by atoms with Crippen LogP contribution < -0.4 is 5.32 Å². The van der Waals surface area contributed by atoms with Crippen molar-refractivity contribution >= 4 is 5.69 Å². The van der Waals surface area contributed by atoms with Crippen molar-refractivity contribution in [3.8, 4) is 0 Å². The molecule has 0 amide bonds. The minimum Gasteiger partial charge on any atom is -0.314 e. The first kappa shape index (κ1) is 13.6. The molecule has 1 aromatic rings. The quantitative estimate of drug-likeness (QED) is 0.629. The Labute approximate surface area is 101 Å². The van der Waals surface area contributed by atoms with E-state index in [9.17, 15) is 10.1 Å². The third kappa shape index (κ3) is 3.49. The van der Waals surface area contributed by atoms with Gasteiger partial charge in [0.25, 0.3) is 5.69 Å². The van der Waals surface area contributed by atoms with Crippen LogP contribution in [0.2, 0.25) is 0 Å². The third-order valence-corrected chi connectivity index (χ3v) is 2.67. The van der Waals surface area contributed by atoms with E-state index in [1.54, 1.807) is 20.0 Å². The number of pyridine rings is 1. The molecule has 94 valence electrons. The van der Waals surface area contributed by atoms with E-state index in [-0.39, 0.29) is 10.6 Å². The second-order valence-corrected chi connectivity index (χ2v) is 4.48. The maximum absolute atomic E-state index is 10.9. The maximum Gasteiger partial charge on any atom is 0.278 e. The lowest BCUT2D eigenvalue weighted by Crippen LogP contribution is -2.25. The van der Waals surface area contributed by atoms with Crippen LogP contribution in [0.25, 0.3) is 0 Å². The van der Waals surface area contributed by atoms with Gasteiger partial charge in [-0.15, -0.1) is 0 Å². The molecule has 0 unspecified atom stereocenters. The molecule has 17 heavy (non-hydrogen) atoms. The highest BCUT2D eigenvalue weighted by atomic mass is 16.6. The van der Waals surface area contributed by atoms with Crippen molar-refractivity contribution in [1.82, 2.24) is 10.3 Å². The molecule has 5 heteroatoms. The van der Waals surface area contributed by atoms with E-state index in [2.05, 4.69) is 24.1 Å². The van der Waals surface area contributed by atoms with Gasteiger partial charge in [0.1, 0.15) is 0 Å². The number of nitro groups is 1. The first-order valence-electron chi connectivity index (χ1n) is 5.76. The van der Waals surface area contributed by atoms with Gasteiger partial charge in [-0.05, 0) is 13.8 Å². The van der Waals surface area contributed by atoms with E-state index >= 15 is 0 Å². The highest BCUT2D eigenvalue weighted by Crippen LogP contribution is 2.23. The molecule has 1 heterocycles. The van der Waals surface area contributed by atoms with E-state index in [1.165, 1.54) is 0 Å².